The third kappa shape index (κ3) is 2.68. The minimum absolute atomic E-state index is 0.210. The van der Waals surface area contributed by atoms with E-state index >= 15 is 0 Å². The number of benzene rings is 2. The molecule has 106 valence electrons. The summed E-state index contributed by atoms with van der Waals surface area (Å²) >= 11 is 0. The molecule has 0 saturated heterocycles. The number of fused-ring (bicyclic) bond motifs is 1. The van der Waals surface area contributed by atoms with Gasteiger partial charge in [-0.05, 0) is 42.8 Å². The van der Waals surface area contributed by atoms with Crippen LogP contribution < -0.4 is 10.6 Å². The lowest BCUT2D eigenvalue weighted by molar-refractivity contribution is 0.731. The molecule has 0 radical (unpaired) electrons. The Labute approximate surface area is 125 Å². The number of para-hydroxylation sites is 1. The van der Waals surface area contributed by atoms with Crippen molar-refractivity contribution in [1.29, 1.82) is 0 Å². The molecule has 3 rings (SSSR count). The van der Waals surface area contributed by atoms with Crippen LogP contribution in [0.2, 0.25) is 0 Å². The van der Waals surface area contributed by atoms with E-state index in [1.165, 1.54) is 5.56 Å². The molecule has 0 bridgehead atoms. The number of rotatable bonds is 3. The van der Waals surface area contributed by atoms with E-state index in [1.54, 1.807) is 0 Å². The van der Waals surface area contributed by atoms with Gasteiger partial charge in [-0.3, -0.25) is 0 Å². The lowest BCUT2D eigenvalue weighted by Crippen LogP contribution is -2.22. The summed E-state index contributed by atoms with van der Waals surface area (Å²) in [5.74, 6) is 0.962. The van der Waals surface area contributed by atoms with Crippen molar-refractivity contribution < 1.29 is 0 Å². The van der Waals surface area contributed by atoms with Crippen molar-refractivity contribution in [3.63, 3.8) is 0 Å². The van der Waals surface area contributed by atoms with E-state index in [4.69, 9.17) is 10.7 Å². The summed E-state index contributed by atoms with van der Waals surface area (Å²) in [6.07, 6.45) is 0. The molecule has 21 heavy (non-hydrogen) atoms. The molecule has 2 N–H and O–H groups in total. The molecule has 0 aliphatic heterocycles. The average Bonchev–Trinajstić information content (AvgIpc) is 2.53. The zero-order chi connectivity index (χ0) is 14.8. The van der Waals surface area contributed by atoms with Gasteiger partial charge in [0.1, 0.15) is 5.82 Å². The third-order valence-corrected chi connectivity index (χ3v) is 3.92. The molecule has 0 amide bonds. The lowest BCUT2D eigenvalue weighted by atomic mass is 10.1. The van der Waals surface area contributed by atoms with Gasteiger partial charge in [0, 0.05) is 18.1 Å². The molecule has 1 atom stereocenters. The number of nitrogen functional groups attached to an aromatic ring is 1. The molecule has 1 aromatic heterocycles. The minimum Gasteiger partial charge on any atom is -0.399 e. The zero-order valence-electron chi connectivity index (χ0n) is 12.3. The number of hydrogen-bond donors (Lipinski definition) is 1. The van der Waals surface area contributed by atoms with E-state index in [0.717, 1.165) is 22.4 Å². The largest absolute Gasteiger partial charge is 0.399 e. The van der Waals surface area contributed by atoms with E-state index in [0.29, 0.717) is 0 Å². The first-order valence-electron chi connectivity index (χ1n) is 7.09. The van der Waals surface area contributed by atoms with Crippen molar-refractivity contribution in [1.82, 2.24) is 4.98 Å². The Morgan fingerprint density at radius 3 is 2.62 bits per heavy atom. The Hall–Kier alpha value is -2.55. The van der Waals surface area contributed by atoms with Crippen molar-refractivity contribution in [3.8, 4) is 0 Å². The zero-order valence-corrected chi connectivity index (χ0v) is 12.3. The van der Waals surface area contributed by atoms with E-state index < -0.39 is 0 Å². The summed E-state index contributed by atoms with van der Waals surface area (Å²) < 4.78 is 0. The van der Waals surface area contributed by atoms with Gasteiger partial charge < -0.3 is 10.6 Å². The van der Waals surface area contributed by atoms with Gasteiger partial charge >= 0.3 is 0 Å². The summed E-state index contributed by atoms with van der Waals surface area (Å²) in [4.78, 5) is 6.91. The Bertz CT molecular complexity index is 767. The van der Waals surface area contributed by atoms with E-state index in [-0.39, 0.29) is 6.04 Å². The second-order valence-corrected chi connectivity index (χ2v) is 5.32. The fourth-order valence-corrected chi connectivity index (χ4v) is 2.49. The van der Waals surface area contributed by atoms with Crippen LogP contribution in [0, 0.1) is 0 Å². The Kier molecular flexibility index (Phi) is 3.48. The van der Waals surface area contributed by atoms with Gasteiger partial charge in [-0.2, -0.15) is 0 Å². The van der Waals surface area contributed by atoms with Crippen LogP contribution in [0.15, 0.2) is 60.7 Å². The molecule has 2 aromatic carbocycles. The van der Waals surface area contributed by atoms with Gasteiger partial charge in [0.2, 0.25) is 0 Å². The first kappa shape index (κ1) is 13.4. The van der Waals surface area contributed by atoms with E-state index in [9.17, 15) is 0 Å². The van der Waals surface area contributed by atoms with Crippen molar-refractivity contribution in [2.75, 3.05) is 17.7 Å². The molecule has 0 aliphatic rings. The van der Waals surface area contributed by atoms with Crippen molar-refractivity contribution in [2.45, 2.75) is 13.0 Å². The molecular weight excluding hydrogens is 258 g/mol. The molecule has 3 aromatic rings. The fraction of sp³-hybridized carbons (Fsp3) is 0.167. The van der Waals surface area contributed by atoms with Gasteiger partial charge in [0.15, 0.2) is 0 Å². The number of pyridine rings is 1. The van der Waals surface area contributed by atoms with Crippen LogP contribution in [0.1, 0.15) is 18.5 Å². The summed E-state index contributed by atoms with van der Waals surface area (Å²) in [5.41, 5.74) is 8.87. The molecule has 1 heterocycles. The lowest BCUT2D eigenvalue weighted by Gasteiger charge is -2.26. The minimum atomic E-state index is 0.210. The fourth-order valence-electron chi connectivity index (χ4n) is 2.49. The van der Waals surface area contributed by atoms with Crippen LogP contribution >= 0.6 is 0 Å². The molecule has 1 unspecified atom stereocenters. The molecular formula is C18H19N3. The Morgan fingerprint density at radius 2 is 1.81 bits per heavy atom. The highest BCUT2D eigenvalue weighted by molar-refractivity contribution is 5.80. The Morgan fingerprint density at radius 1 is 1.00 bits per heavy atom. The molecule has 3 heteroatoms. The van der Waals surface area contributed by atoms with E-state index in [2.05, 4.69) is 43.1 Å². The van der Waals surface area contributed by atoms with Crippen LogP contribution in [-0.2, 0) is 0 Å². The quantitative estimate of drug-likeness (QED) is 0.735. The second-order valence-electron chi connectivity index (χ2n) is 5.32. The van der Waals surface area contributed by atoms with Gasteiger partial charge in [-0.15, -0.1) is 0 Å². The second kappa shape index (κ2) is 5.44. The van der Waals surface area contributed by atoms with Gasteiger partial charge in [-0.25, -0.2) is 4.98 Å². The summed E-state index contributed by atoms with van der Waals surface area (Å²) in [7, 11) is 2.06. The maximum Gasteiger partial charge on any atom is 0.129 e. The highest BCUT2D eigenvalue weighted by Crippen LogP contribution is 2.26. The normalized spacial score (nSPS) is 12.3. The smallest absolute Gasteiger partial charge is 0.129 e. The summed E-state index contributed by atoms with van der Waals surface area (Å²) in [5, 5.41) is 1.16. The first-order chi connectivity index (χ1) is 10.1. The van der Waals surface area contributed by atoms with Crippen LogP contribution in [0.25, 0.3) is 10.9 Å². The number of nitrogens with two attached hydrogens (primary N) is 1. The molecule has 0 saturated carbocycles. The number of aromatic nitrogens is 1. The molecule has 0 aliphatic carbocycles. The van der Waals surface area contributed by atoms with Crippen LogP contribution in [0.4, 0.5) is 11.5 Å². The van der Waals surface area contributed by atoms with Crippen LogP contribution in [0.3, 0.4) is 0 Å². The maximum atomic E-state index is 5.88. The van der Waals surface area contributed by atoms with Crippen molar-refractivity contribution in [2.24, 2.45) is 0 Å². The summed E-state index contributed by atoms with van der Waals surface area (Å²) in [6, 6.07) is 20.6. The highest BCUT2D eigenvalue weighted by Gasteiger charge is 2.13. The van der Waals surface area contributed by atoms with Gasteiger partial charge in [0.25, 0.3) is 0 Å². The monoisotopic (exact) mass is 277 g/mol. The first-order valence-corrected chi connectivity index (χ1v) is 7.09. The van der Waals surface area contributed by atoms with Crippen molar-refractivity contribution >= 4 is 22.4 Å². The van der Waals surface area contributed by atoms with Crippen LogP contribution in [0.5, 0.6) is 0 Å². The standard InChI is InChI=1S/C18H19N3/c1-13(15-7-5-8-16(19)12-15)21(2)18-11-10-14-6-3-4-9-17(14)20-18/h3-13H,19H2,1-2H3. The number of hydrogen-bond acceptors (Lipinski definition) is 3. The highest BCUT2D eigenvalue weighted by atomic mass is 15.2. The topological polar surface area (TPSA) is 42.1 Å². The molecule has 0 fully saturated rings. The predicted molar refractivity (Wildman–Crippen MR) is 89.4 cm³/mol. The predicted octanol–water partition coefficient (Wildman–Crippen LogP) is 4.01. The van der Waals surface area contributed by atoms with Gasteiger partial charge in [0.05, 0.1) is 11.6 Å². The Balaban J connectivity index is 1.94. The van der Waals surface area contributed by atoms with Gasteiger partial charge in [-0.1, -0.05) is 30.3 Å². The summed E-state index contributed by atoms with van der Waals surface area (Å²) in [6.45, 7) is 2.16. The van der Waals surface area contributed by atoms with Crippen LogP contribution in [-0.4, -0.2) is 12.0 Å². The molecule has 0 spiro atoms. The van der Waals surface area contributed by atoms with Crippen molar-refractivity contribution in [3.05, 3.63) is 66.2 Å². The average molecular weight is 277 g/mol. The third-order valence-electron chi connectivity index (χ3n) is 3.92. The number of nitrogens with zero attached hydrogens (tertiary/aromatic N) is 2. The number of anilines is 2. The maximum absolute atomic E-state index is 5.88. The molecule has 3 nitrogen and oxygen atoms in total. The van der Waals surface area contributed by atoms with E-state index in [1.807, 2.05) is 36.4 Å². The SMILES string of the molecule is CC(c1cccc(N)c1)N(C)c1ccc2ccccc2n1.